The molecule has 0 aliphatic heterocycles. The standard InChI is InChI=1S/C19H17FN4O3S/c1-13(28-16-5-3-15(4-6-16)24(26)27)19(25)22-11-14-2-7-18(17(20)10-14)23-9-8-21-12-23/h2-10,12-13H,11H2,1H3,(H,22,25)/t13-/m1/s1. The lowest BCUT2D eigenvalue weighted by Gasteiger charge is -2.13. The van der Waals surface area contributed by atoms with Gasteiger partial charge in [-0.2, -0.15) is 0 Å². The Hall–Kier alpha value is -3.20. The highest BCUT2D eigenvalue weighted by molar-refractivity contribution is 8.00. The number of imidazole rings is 1. The summed E-state index contributed by atoms with van der Waals surface area (Å²) in [7, 11) is 0. The van der Waals surface area contributed by atoms with Crippen LogP contribution in [0, 0.1) is 15.9 Å². The van der Waals surface area contributed by atoms with Gasteiger partial charge in [0.25, 0.3) is 5.69 Å². The van der Waals surface area contributed by atoms with Gasteiger partial charge in [-0.1, -0.05) is 6.07 Å². The average Bonchev–Trinajstić information content (AvgIpc) is 3.21. The summed E-state index contributed by atoms with van der Waals surface area (Å²) in [5.41, 5.74) is 1.03. The van der Waals surface area contributed by atoms with E-state index in [4.69, 9.17) is 0 Å². The summed E-state index contributed by atoms with van der Waals surface area (Å²) in [5, 5.41) is 13.0. The van der Waals surface area contributed by atoms with Gasteiger partial charge in [0.05, 0.1) is 22.2 Å². The van der Waals surface area contributed by atoms with E-state index in [0.717, 1.165) is 4.90 Å². The van der Waals surface area contributed by atoms with E-state index < -0.39 is 16.0 Å². The van der Waals surface area contributed by atoms with E-state index in [9.17, 15) is 19.3 Å². The molecule has 1 amide bonds. The molecule has 7 nitrogen and oxygen atoms in total. The summed E-state index contributed by atoms with van der Waals surface area (Å²) >= 11 is 1.29. The number of nitrogens with one attached hydrogen (secondary N) is 1. The highest BCUT2D eigenvalue weighted by Crippen LogP contribution is 2.25. The van der Waals surface area contributed by atoms with Crippen molar-refractivity contribution < 1.29 is 14.1 Å². The number of non-ortho nitro benzene ring substituents is 1. The van der Waals surface area contributed by atoms with E-state index in [1.54, 1.807) is 48.1 Å². The van der Waals surface area contributed by atoms with Gasteiger partial charge in [-0.05, 0) is 36.8 Å². The zero-order chi connectivity index (χ0) is 20.1. The van der Waals surface area contributed by atoms with Crippen LogP contribution >= 0.6 is 11.8 Å². The lowest BCUT2D eigenvalue weighted by Crippen LogP contribution is -2.30. The van der Waals surface area contributed by atoms with Gasteiger partial charge < -0.3 is 9.88 Å². The largest absolute Gasteiger partial charge is 0.351 e. The van der Waals surface area contributed by atoms with Gasteiger partial charge in [0.1, 0.15) is 5.82 Å². The number of nitrogens with zero attached hydrogens (tertiary/aromatic N) is 3. The molecule has 9 heteroatoms. The smallest absolute Gasteiger partial charge is 0.269 e. The predicted octanol–water partition coefficient (Wildman–Crippen LogP) is 3.72. The first-order valence-electron chi connectivity index (χ1n) is 8.39. The summed E-state index contributed by atoms with van der Waals surface area (Å²) < 4.78 is 15.8. The quantitative estimate of drug-likeness (QED) is 0.371. The molecule has 2 aromatic carbocycles. The van der Waals surface area contributed by atoms with Gasteiger partial charge in [0.15, 0.2) is 0 Å². The van der Waals surface area contributed by atoms with Crippen molar-refractivity contribution in [3.05, 3.63) is 82.7 Å². The summed E-state index contributed by atoms with van der Waals surface area (Å²) in [6, 6.07) is 10.8. The van der Waals surface area contributed by atoms with Crippen molar-refractivity contribution in [2.45, 2.75) is 23.6 Å². The van der Waals surface area contributed by atoms with Crippen molar-refractivity contribution in [1.29, 1.82) is 0 Å². The molecule has 0 radical (unpaired) electrons. The lowest BCUT2D eigenvalue weighted by atomic mass is 10.2. The Bertz CT molecular complexity index is 977. The van der Waals surface area contributed by atoms with Gasteiger partial charge in [0.2, 0.25) is 5.91 Å². The minimum atomic E-state index is -0.470. The normalized spacial score (nSPS) is 11.8. The van der Waals surface area contributed by atoms with E-state index in [-0.39, 0.29) is 18.1 Å². The molecule has 0 saturated carbocycles. The molecule has 0 spiro atoms. The Balaban J connectivity index is 1.56. The first-order valence-corrected chi connectivity index (χ1v) is 9.27. The molecule has 0 saturated heterocycles. The Labute approximate surface area is 164 Å². The number of carbonyl (C=O) groups is 1. The molecule has 3 aromatic rings. The lowest BCUT2D eigenvalue weighted by molar-refractivity contribution is -0.384. The molecule has 0 bridgehead atoms. The minimum Gasteiger partial charge on any atom is -0.351 e. The number of amides is 1. The maximum absolute atomic E-state index is 14.3. The number of hydrogen-bond acceptors (Lipinski definition) is 5. The van der Waals surface area contributed by atoms with E-state index >= 15 is 0 Å². The molecular weight excluding hydrogens is 383 g/mol. The van der Waals surface area contributed by atoms with Crippen LogP contribution in [-0.4, -0.2) is 25.6 Å². The van der Waals surface area contributed by atoms with Crippen molar-refractivity contribution in [3.8, 4) is 5.69 Å². The molecule has 1 N–H and O–H groups in total. The zero-order valence-corrected chi connectivity index (χ0v) is 15.7. The van der Waals surface area contributed by atoms with Crippen LogP contribution in [0.2, 0.25) is 0 Å². The molecule has 0 aliphatic rings. The van der Waals surface area contributed by atoms with Crippen molar-refractivity contribution in [3.63, 3.8) is 0 Å². The van der Waals surface area contributed by atoms with Crippen molar-refractivity contribution in [2.75, 3.05) is 0 Å². The van der Waals surface area contributed by atoms with E-state index in [2.05, 4.69) is 10.3 Å². The van der Waals surface area contributed by atoms with E-state index in [1.807, 2.05) is 0 Å². The number of thioether (sulfide) groups is 1. The van der Waals surface area contributed by atoms with Gasteiger partial charge in [0, 0.05) is 36.0 Å². The minimum absolute atomic E-state index is 0.00243. The zero-order valence-electron chi connectivity index (χ0n) is 14.9. The number of aromatic nitrogens is 2. The van der Waals surface area contributed by atoms with Gasteiger partial charge in [-0.15, -0.1) is 11.8 Å². The Morgan fingerprint density at radius 2 is 2.07 bits per heavy atom. The summed E-state index contributed by atoms with van der Waals surface area (Å²) in [4.78, 5) is 27.1. The molecule has 0 aliphatic carbocycles. The first kappa shape index (κ1) is 19.6. The van der Waals surface area contributed by atoms with Crippen LogP contribution in [0.4, 0.5) is 10.1 Å². The fourth-order valence-corrected chi connectivity index (χ4v) is 3.40. The molecule has 1 heterocycles. The summed E-state index contributed by atoms with van der Waals surface area (Å²) in [6.45, 7) is 1.94. The third-order valence-corrected chi connectivity index (χ3v) is 5.10. The number of benzene rings is 2. The second-order valence-corrected chi connectivity index (χ2v) is 7.40. The third kappa shape index (κ3) is 4.74. The van der Waals surface area contributed by atoms with Crippen LogP contribution in [-0.2, 0) is 11.3 Å². The summed E-state index contributed by atoms with van der Waals surface area (Å²) in [5.74, 6) is -0.611. The Kier molecular flexibility index (Phi) is 6.05. The molecule has 0 fully saturated rings. The number of nitro benzene ring substituents is 1. The van der Waals surface area contributed by atoms with Gasteiger partial charge in [-0.3, -0.25) is 14.9 Å². The number of carbonyl (C=O) groups excluding carboxylic acids is 1. The highest BCUT2D eigenvalue weighted by Gasteiger charge is 2.15. The second-order valence-electron chi connectivity index (χ2n) is 5.98. The summed E-state index contributed by atoms with van der Waals surface area (Å²) in [6.07, 6.45) is 4.73. The fourth-order valence-electron chi connectivity index (χ4n) is 2.51. The maximum atomic E-state index is 14.3. The highest BCUT2D eigenvalue weighted by atomic mass is 32.2. The molecule has 3 rings (SSSR count). The van der Waals surface area contributed by atoms with Crippen LogP contribution in [0.5, 0.6) is 0 Å². The van der Waals surface area contributed by atoms with E-state index in [0.29, 0.717) is 11.3 Å². The fraction of sp³-hybridized carbons (Fsp3) is 0.158. The van der Waals surface area contributed by atoms with Crippen LogP contribution in [0.25, 0.3) is 5.69 Å². The van der Waals surface area contributed by atoms with Gasteiger partial charge in [-0.25, -0.2) is 9.37 Å². The SMILES string of the molecule is C[C@@H](Sc1ccc([N+](=O)[O-])cc1)C(=O)NCc1ccc(-n2ccnc2)c(F)c1. The van der Waals surface area contributed by atoms with E-state index in [1.165, 1.54) is 36.3 Å². The number of rotatable bonds is 7. The molecule has 1 aromatic heterocycles. The molecule has 0 unspecified atom stereocenters. The van der Waals surface area contributed by atoms with Crippen molar-refractivity contribution in [1.82, 2.24) is 14.9 Å². The first-order chi connectivity index (χ1) is 13.4. The van der Waals surface area contributed by atoms with Gasteiger partial charge >= 0.3 is 0 Å². The average molecular weight is 400 g/mol. The maximum Gasteiger partial charge on any atom is 0.269 e. The van der Waals surface area contributed by atoms with Crippen LogP contribution in [0.3, 0.4) is 0 Å². The number of halogens is 1. The molecular formula is C19H17FN4O3S. The molecule has 28 heavy (non-hydrogen) atoms. The Morgan fingerprint density at radius 1 is 1.32 bits per heavy atom. The monoisotopic (exact) mass is 400 g/mol. The Morgan fingerprint density at radius 3 is 2.68 bits per heavy atom. The van der Waals surface area contributed by atoms with Crippen LogP contribution in [0.15, 0.2) is 66.1 Å². The van der Waals surface area contributed by atoms with Crippen LogP contribution < -0.4 is 5.32 Å². The number of nitro groups is 1. The molecule has 144 valence electrons. The van der Waals surface area contributed by atoms with Crippen LogP contribution in [0.1, 0.15) is 12.5 Å². The number of hydrogen-bond donors (Lipinski definition) is 1. The molecule has 1 atom stereocenters. The van der Waals surface area contributed by atoms with Crippen molar-refractivity contribution >= 4 is 23.4 Å². The van der Waals surface area contributed by atoms with Crippen molar-refractivity contribution in [2.24, 2.45) is 0 Å². The predicted molar refractivity (Wildman–Crippen MR) is 104 cm³/mol. The third-order valence-electron chi connectivity index (χ3n) is 3.99. The second kappa shape index (κ2) is 8.66. The topological polar surface area (TPSA) is 90.1 Å².